The van der Waals surface area contributed by atoms with Crippen LogP contribution in [0.5, 0.6) is 0 Å². The fourth-order valence-electron chi connectivity index (χ4n) is 4.02. The van der Waals surface area contributed by atoms with Gasteiger partial charge in [-0.1, -0.05) is 0 Å². The van der Waals surface area contributed by atoms with Crippen molar-refractivity contribution in [2.24, 2.45) is 13.0 Å². The molecule has 0 aliphatic carbocycles. The third-order valence-electron chi connectivity index (χ3n) is 5.56. The molecule has 6 nitrogen and oxygen atoms in total. The van der Waals surface area contributed by atoms with E-state index in [0.29, 0.717) is 24.9 Å². The van der Waals surface area contributed by atoms with Gasteiger partial charge in [-0.15, -0.1) is 0 Å². The molecule has 1 fully saturated rings. The average Bonchev–Trinajstić information content (AvgIpc) is 3.16. The molecule has 0 radical (unpaired) electrons. The number of pyridine rings is 1. The Morgan fingerprint density at radius 3 is 2.62 bits per heavy atom. The van der Waals surface area contributed by atoms with Gasteiger partial charge >= 0.3 is 0 Å². The van der Waals surface area contributed by atoms with Crippen LogP contribution in [0.4, 0.5) is 0 Å². The number of carbonyl (C=O) groups is 1. The Hall–Kier alpha value is -2.21. The Balaban J connectivity index is 1.66. The van der Waals surface area contributed by atoms with Gasteiger partial charge in [0.2, 0.25) is 5.91 Å². The van der Waals surface area contributed by atoms with Crippen LogP contribution in [-0.2, 0) is 23.0 Å². The van der Waals surface area contributed by atoms with Crippen molar-refractivity contribution in [1.29, 1.82) is 0 Å². The topological polar surface area (TPSA) is 60.2 Å². The van der Waals surface area contributed by atoms with Gasteiger partial charge in [0.05, 0.1) is 12.3 Å². The van der Waals surface area contributed by atoms with E-state index >= 15 is 0 Å². The molecule has 3 heterocycles. The number of hydrogen-bond donors (Lipinski definition) is 0. The molecule has 2 aromatic heterocycles. The van der Waals surface area contributed by atoms with E-state index in [2.05, 4.69) is 17.0 Å². The molecule has 3 rings (SSSR count). The summed E-state index contributed by atoms with van der Waals surface area (Å²) in [7, 11) is 3.67. The van der Waals surface area contributed by atoms with Crippen molar-refractivity contribution in [3.63, 3.8) is 0 Å². The molecule has 0 bridgehead atoms. The van der Waals surface area contributed by atoms with Crippen LogP contribution in [0.15, 0.2) is 24.5 Å². The highest BCUT2D eigenvalue weighted by Crippen LogP contribution is 2.33. The minimum Gasteiger partial charge on any atom is -0.384 e. The predicted molar refractivity (Wildman–Crippen MR) is 99.9 cm³/mol. The third kappa shape index (κ3) is 3.80. The Morgan fingerprint density at radius 1 is 1.27 bits per heavy atom. The number of aryl methyl sites for hydroxylation is 2. The maximum Gasteiger partial charge on any atom is 0.222 e. The summed E-state index contributed by atoms with van der Waals surface area (Å²) in [5.41, 5.74) is 4.59. The summed E-state index contributed by atoms with van der Waals surface area (Å²) in [5.74, 6) is 0.849. The van der Waals surface area contributed by atoms with Crippen molar-refractivity contribution in [2.75, 3.05) is 26.8 Å². The highest BCUT2D eigenvalue weighted by molar-refractivity contribution is 5.77. The summed E-state index contributed by atoms with van der Waals surface area (Å²) in [5, 5.41) is 4.44. The van der Waals surface area contributed by atoms with Crippen molar-refractivity contribution in [3.8, 4) is 0 Å². The Kier molecular flexibility index (Phi) is 5.71. The van der Waals surface area contributed by atoms with E-state index in [1.165, 1.54) is 11.1 Å². The first kappa shape index (κ1) is 18.6. The first-order chi connectivity index (χ1) is 12.5. The molecule has 0 N–H and O–H groups in total. The molecule has 0 spiro atoms. The molecular weight excluding hydrogens is 328 g/mol. The van der Waals surface area contributed by atoms with Crippen LogP contribution in [0.3, 0.4) is 0 Å². The van der Waals surface area contributed by atoms with Crippen LogP contribution in [0, 0.1) is 19.8 Å². The lowest BCUT2D eigenvalue weighted by atomic mass is 9.90. The molecule has 1 saturated heterocycles. The van der Waals surface area contributed by atoms with E-state index in [4.69, 9.17) is 4.74 Å². The van der Waals surface area contributed by atoms with Crippen LogP contribution in [-0.4, -0.2) is 52.4 Å². The van der Waals surface area contributed by atoms with Gasteiger partial charge in [-0.25, -0.2) is 0 Å². The van der Waals surface area contributed by atoms with Gasteiger partial charge in [0.15, 0.2) is 0 Å². The molecular formula is C20H28N4O2. The smallest absolute Gasteiger partial charge is 0.222 e. The number of methoxy groups -OCH3 is 1. The van der Waals surface area contributed by atoms with E-state index in [0.717, 1.165) is 30.9 Å². The molecule has 1 aliphatic rings. The van der Waals surface area contributed by atoms with E-state index in [9.17, 15) is 4.79 Å². The van der Waals surface area contributed by atoms with Gasteiger partial charge in [-0.2, -0.15) is 5.10 Å². The molecule has 2 unspecified atom stereocenters. The number of amides is 1. The maximum absolute atomic E-state index is 12.8. The lowest BCUT2D eigenvalue weighted by Crippen LogP contribution is -2.29. The number of aromatic nitrogens is 3. The second kappa shape index (κ2) is 7.99. The molecule has 2 atom stereocenters. The number of carbonyl (C=O) groups excluding carboxylic acids is 1. The Bertz CT molecular complexity index is 757. The monoisotopic (exact) mass is 356 g/mol. The van der Waals surface area contributed by atoms with E-state index in [-0.39, 0.29) is 5.91 Å². The van der Waals surface area contributed by atoms with Crippen LogP contribution in [0.2, 0.25) is 0 Å². The van der Waals surface area contributed by atoms with Crippen LogP contribution in [0.1, 0.15) is 34.9 Å². The predicted octanol–water partition coefficient (Wildman–Crippen LogP) is 2.25. The minimum absolute atomic E-state index is 0.213. The molecule has 0 aromatic carbocycles. The highest BCUT2D eigenvalue weighted by Gasteiger charge is 2.35. The maximum atomic E-state index is 12.8. The van der Waals surface area contributed by atoms with Crippen molar-refractivity contribution >= 4 is 5.91 Å². The summed E-state index contributed by atoms with van der Waals surface area (Å²) in [6, 6.07) is 4.09. The number of hydrogen-bond acceptors (Lipinski definition) is 4. The van der Waals surface area contributed by atoms with E-state index in [1.54, 1.807) is 7.11 Å². The van der Waals surface area contributed by atoms with Gasteiger partial charge in [-0.3, -0.25) is 14.5 Å². The SMILES string of the molecule is COCC1CN(C(=O)CCc2c(C)nn(C)c2C)CC1c1ccncc1. The van der Waals surface area contributed by atoms with Crippen molar-refractivity contribution in [3.05, 3.63) is 47.0 Å². The first-order valence-electron chi connectivity index (χ1n) is 9.17. The third-order valence-corrected chi connectivity index (χ3v) is 5.56. The van der Waals surface area contributed by atoms with Crippen LogP contribution in [0.25, 0.3) is 0 Å². The summed E-state index contributed by atoms with van der Waals surface area (Å²) in [6.45, 7) is 6.24. The summed E-state index contributed by atoms with van der Waals surface area (Å²) < 4.78 is 7.29. The van der Waals surface area contributed by atoms with Crippen molar-refractivity contribution in [1.82, 2.24) is 19.7 Å². The number of likely N-dealkylation sites (tertiary alicyclic amines) is 1. The second-order valence-electron chi connectivity index (χ2n) is 7.17. The molecule has 26 heavy (non-hydrogen) atoms. The average molecular weight is 356 g/mol. The summed E-state index contributed by atoms with van der Waals surface area (Å²) >= 11 is 0. The quantitative estimate of drug-likeness (QED) is 0.796. The number of rotatable bonds is 6. The van der Waals surface area contributed by atoms with Gasteiger partial charge in [0.1, 0.15) is 0 Å². The summed E-state index contributed by atoms with van der Waals surface area (Å²) in [6.07, 6.45) is 4.90. The fraction of sp³-hybridized carbons (Fsp3) is 0.550. The van der Waals surface area contributed by atoms with Gasteiger partial charge in [0.25, 0.3) is 0 Å². The van der Waals surface area contributed by atoms with Crippen molar-refractivity contribution < 1.29 is 9.53 Å². The highest BCUT2D eigenvalue weighted by atomic mass is 16.5. The molecule has 2 aromatic rings. The lowest BCUT2D eigenvalue weighted by molar-refractivity contribution is -0.130. The Labute approximate surface area is 155 Å². The zero-order chi connectivity index (χ0) is 18.7. The molecule has 6 heteroatoms. The Morgan fingerprint density at radius 2 is 2.00 bits per heavy atom. The molecule has 1 aliphatic heterocycles. The number of nitrogens with zero attached hydrogens (tertiary/aromatic N) is 4. The zero-order valence-corrected chi connectivity index (χ0v) is 16.1. The van der Waals surface area contributed by atoms with Crippen molar-refractivity contribution in [2.45, 2.75) is 32.6 Å². The summed E-state index contributed by atoms with van der Waals surface area (Å²) in [4.78, 5) is 18.9. The normalized spacial score (nSPS) is 19.9. The van der Waals surface area contributed by atoms with E-state index < -0.39 is 0 Å². The zero-order valence-electron chi connectivity index (χ0n) is 16.1. The van der Waals surface area contributed by atoms with E-state index in [1.807, 2.05) is 48.1 Å². The minimum atomic E-state index is 0.213. The standard InChI is InChI=1S/C20H28N4O2/c1-14-18(15(2)23(3)22-14)5-6-20(25)24-11-17(13-26-4)19(12-24)16-7-9-21-10-8-16/h7-10,17,19H,5-6,11-13H2,1-4H3. The fourth-order valence-corrected chi connectivity index (χ4v) is 4.02. The largest absolute Gasteiger partial charge is 0.384 e. The number of ether oxygens (including phenoxy) is 1. The van der Waals surface area contributed by atoms with Gasteiger partial charge in [0, 0.05) is 63.6 Å². The molecule has 140 valence electrons. The first-order valence-corrected chi connectivity index (χ1v) is 9.17. The van der Waals surface area contributed by atoms with Gasteiger partial charge < -0.3 is 9.64 Å². The van der Waals surface area contributed by atoms with Crippen LogP contribution < -0.4 is 0 Å². The van der Waals surface area contributed by atoms with Crippen LogP contribution >= 0.6 is 0 Å². The second-order valence-corrected chi connectivity index (χ2v) is 7.17. The van der Waals surface area contributed by atoms with Gasteiger partial charge in [-0.05, 0) is 43.5 Å². The molecule has 0 saturated carbocycles. The lowest BCUT2D eigenvalue weighted by Gasteiger charge is -2.17. The molecule has 1 amide bonds.